The molecule has 1 aliphatic carbocycles. The molecule has 0 aromatic heterocycles. The zero-order valence-electron chi connectivity index (χ0n) is 9.59. The van der Waals surface area contributed by atoms with E-state index >= 15 is 0 Å². The molecule has 0 saturated heterocycles. The lowest BCUT2D eigenvalue weighted by atomic mass is 9.79. The first kappa shape index (κ1) is 11.8. The van der Waals surface area contributed by atoms with Crippen molar-refractivity contribution in [3.05, 3.63) is 11.1 Å². The zero-order valence-corrected chi connectivity index (χ0v) is 9.59. The second kappa shape index (κ2) is 4.48. The van der Waals surface area contributed by atoms with E-state index in [0.717, 1.165) is 18.4 Å². The molecule has 0 heterocycles. The van der Waals surface area contributed by atoms with Gasteiger partial charge in [0.05, 0.1) is 12.7 Å². The number of nitriles is 1. The summed E-state index contributed by atoms with van der Waals surface area (Å²) in [4.78, 5) is 11.8. The summed E-state index contributed by atoms with van der Waals surface area (Å²) in [5.41, 5.74) is 1.11. The van der Waals surface area contributed by atoms with Crippen molar-refractivity contribution >= 4 is 5.97 Å². The third-order valence-electron chi connectivity index (χ3n) is 3.02. The molecule has 0 aliphatic heterocycles. The molecule has 82 valence electrons. The molecule has 1 atom stereocenters. The van der Waals surface area contributed by atoms with Crippen molar-refractivity contribution in [1.29, 1.82) is 5.26 Å². The summed E-state index contributed by atoms with van der Waals surface area (Å²) in [7, 11) is 0. The van der Waals surface area contributed by atoms with E-state index in [2.05, 4.69) is 6.07 Å². The molecule has 3 nitrogen and oxygen atoms in total. The molecule has 0 N–H and O–H groups in total. The number of hydrogen-bond acceptors (Lipinski definition) is 3. The van der Waals surface area contributed by atoms with Crippen molar-refractivity contribution in [1.82, 2.24) is 0 Å². The van der Waals surface area contributed by atoms with E-state index in [1.54, 1.807) is 6.92 Å². The Morgan fingerprint density at radius 3 is 2.47 bits per heavy atom. The standard InChI is InChI=1S/C12H17NO2/c1-4-12(8-13,11(14)15-5-2)9(3)10-6-7-10/h4-7H2,1-3H3. The normalized spacial score (nSPS) is 17.6. The van der Waals surface area contributed by atoms with Crippen LogP contribution in [-0.2, 0) is 9.53 Å². The van der Waals surface area contributed by atoms with Crippen molar-refractivity contribution in [3.8, 4) is 6.07 Å². The molecular weight excluding hydrogens is 190 g/mol. The van der Waals surface area contributed by atoms with Crippen LogP contribution in [-0.4, -0.2) is 12.6 Å². The fourth-order valence-corrected chi connectivity index (χ4v) is 1.76. The van der Waals surface area contributed by atoms with E-state index in [1.807, 2.05) is 13.8 Å². The molecule has 0 bridgehead atoms. The highest BCUT2D eigenvalue weighted by molar-refractivity contribution is 5.84. The largest absolute Gasteiger partial charge is 0.465 e. The predicted molar refractivity (Wildman–Crippen MR) is 56.9 cm³/mol. The summed E-state index contributed by atoms with van der Waals surface area (Å²) in [5, 5.41) is 9.24. The van der Waals surface area contributed by atoms with E-state index in [9.17, 15) is 10.1 Å². The summed E-state index contributed by atoms with van der Waals surface area (Å²) < 4.78 is 4.99. The smallest absolute Gasteiger partial charge is 0.330 e. The lowest BCUT2D eigenvalue weighted by Crippen LogP contribution is -2.32. The first-order valence-corrected chi connectivity index (χ1v) is 5.40. The Morgan fingerprint density at radius 2 is 2.13 bits per heavy atom. The van der Waals surface area contributed by atoms with Crippen LogP contribution in [0, 0.1) is 16.7 Å². The van der Waals surface area contributed by atoms with Crippen molar-refractivity contribution in [2.24, 2.45) is 5.41 Å². The van der Waals surface area contributed by atoms with Gasteiger partial charge in [-0.05, 0) is 38.7 Å². The molecule has 1 saturated carbocycles. The second-order valence-corrected chi connectivity index (χ2v) is 3.82. The highest BCUT2D eigenvalue weighted by atomic mass is 16.5. The van der Waals surface area contributed by atoms with E-state index in [-0.39, 0.29) is 0 Å². The van der Waals surface area contributed by atoms with Gasteiger partial charge in [0.1, 0.15) is 0 Å². The Balaban J connectivity index is 3.03. The van der Waals surface area contributed by atoms with Gasteiger partial charge in [-0.3, -0.25) is 0 Å². The molecule has 0 spiro atoms. The summed E-state index contributed by atoms with van der Waals surface area (Å²) in [6, 6.07) is 2.14. The minimum absolute atomic E-state index is 0.324. The first-order chi connectivity index (χ1) is 7.12. The monoisotopic (exact) mass is 207 g/mol. The minimum atomic E-state index is -1.04. The minimum Gasteiger partial charge on any atom is -0.465 e. The van der Waals surface area contributed by atoms with Crippen LogP contribution in [0.25, 0.3) is 0 Å². The molecule has 0 aromatic carbocycles. The van der Waals surface area contributed by atoms with E-state index in [0.29, 0.717) is 13.0 Å². The van der Waals surface area contributed by atoms with Crippen molar-refractivity contribution < 1.29 is 9.53 Å². The van der Waals surface area contributed by atoms with Crippen LogP contribution in [0.3, 0.4) is 0 Å². The topological polar surface area (TPSA) is 50.1 Å². The lowest BCUT2D eigenvalue weighted by molar-refractivity contribution is -0.150. The van der Waals surface area contributed by atoms with Crippen LogP contribution in [0.15, 0.2) is 11.1 Å². The van der Waals surface area contributed by atoms with Gasteiger partial charge in [-0.25, -0.2) is 4.79 Å². The number of nitrogens with zero attached hydrogens (tertiary/aromatic N) is 1. The predicted octanol–water partition coefficient (Wildman–Crippen LogP) is 2.58. The van der Waals surface area contributed by atoms with Crippen molar-refractivity contribution in [3.63, 3.8) is 0 Å². The first-order valence-electron chi connectivity index (χ1n) is 5.40. The Bertz CT molecular complexity index is 332. The van der Waals surface area contributed by atoms with E-state index < -0.39 is 11.4 Å². The number of esters is 1. The quantitative estimate of drug-likeness (QED) is 0.526. The Morgan fingerprint density at radius 1 is 1.53 bits per heavy atom. The van der Waals surface area contributed by atoms with E-state index in [1.165, 1.54) is 5.57 Å². The highest BCUT2D eigenvalue weighted by Gasteiger charge is 2.43. The maximum atomic E-state index is 11.8. The average Bonchev–Trinajstić information content (AvgIpc) is 3.04. The number of ether oxygens (including phenoxy) is 1. The van der Waals surface area contributed by atoms with Crippen molar-refractivity contribution in [2.75, 3.05) is 6.61 Å². The molecule has 15 heavy (non-hydrogen) atoms. The molecule has 1 unspecified atom stereocenters. The molecule has 1 aliphatic rings. The molecular formula is C12H17NO2. The fourth-order valence-electron chi connectivity index (χ4n) is 1.76. The third-order valence-corrected chi connectivity index (χ3v) is 3.02. The number of allylic oxidation sites excluding steroid dienone is 1. The molecule has 1 rings (SSSR count). The van der Waals surface area contributed by atoms with Gasteiger partial charge in [0, 0.05) is 0 Å². The highest BCUT2D eigenvalue weighted by Crippen LogP contribution is 2.42. The van der Waals surface area contributed by atoms with Crippen LogP contribution in [0.5, 0.6) is 0 Å². The molecule has 0 amide bonds. The van der Waals surface area contributed by atoms with Gasteiger partial charge in [0.2, 0.25) is 0 Å². The van der Waals surface area contributed by atoms with Crippen LogP contribution in [0.2, 0.25) is 0 Å². The van der Waals surface area contributed by atoms with Gasteiger partial charge in [-0.15, -0.1) is 0 Å². The summed E-state index contributed by atoms with van der Waals surface area (Å²) in [6.07, 6.45) is 2.53. The van der Waals surface area contributed by atoms with Gasteiger partial charge < -0.3 is 4.74 Å². The lowest BCUT2D eigenvalue weighted by Gasteiger charge is -2.23. The van der Waals surface area contributed by atoms with Gasteiger partial charge >= 0.3 is 5.97 Å². The zero-order chi connectivity index (χ0) is 11.5. The molecule has 0 aromatic rings. The Labute approximate surface area is 90.7 Å². The van der Waals surface area contributed by atoms with Gasteiger partial charge in [0.25, 0.3) is 0 Å². The number of hydrogen-bond donors (Lipinski definition) is 0. The molecule has 0 radical (unpaired) electrons. The summed E-state index contributed by atoms with van der Waals surface area (Å²) in [6.45, 7) is 5.82. The second-order valence-electron chi connectivity index (χ2n) is 3.82. The fraction of sp³-hybridized carbons (Fsp3) is 0.667. The van der Waals surface area contributed by atoms with Gasteiger partial charge in [-0.1, -0.05) is 12.5 Å². The average molecular weight is 207 g/mol. The van der Waals surface area contributed by atoms with Crippen LogP contribution < -0.4 is 0 Å². The summed E-state index contributed by atoms with van der Waals surface area (Å²) >= 11 is 0. The molecule has 3 heteroatoms. The van der Waals surface area contributed by atoms with Gasteiger partial charge in [0.15, 0.2) is 5.41 Å². The van der Waals surface area contributed by atoms with Gasteiger partial charge in [-0.2, -0.15) is 5.26 Å². The number of carbonyl (C=O) groups is 1. The van der Waals surface area contributed by atoms with Crippen molar-refractivity contribution in [2.45, 2.75) is 40.0 Å². The maximum Gasteiger partial charge on any atom is 0.330 e. The summed E-state index contributed by atoms with van der Waals surface area (Å²) in [5.74, 6) is -0.396. The SMILES string of the molecule is CCOC(=O)C(C#N)(CC)C(C)=C1CC1. The maximum absolute atomic E-state index is 11.8. The third kappa shape index (κ3) is 2.04. The molecule has 1 fully saturated rings. The van der Waals surface area contributed by atoms with Crippen LogP contribution in [0.1, 0.15) is 40.0 Å². The van der Waals surface area contributed by atoms with E-state index in [4.69, 9.17) is 4.74 Å². The number of carbonyl (C=O) groups excluding carboxylic acids is 1. The van der Waals surface area contributed by atoms with Crippen LogP contribution in [0.4, 0.5) is 0 Å². The number of rotatable bonds is 4. The van der Waals surface area contributed by atoms with Crippen LogP contribution >= 0.6 is 0 Å². The Hall–Kier alpha value is -1.30. The Kier molecular flexibility index (Phi) is 3.52.